The van der Waals surface area contributed by atoms with E-state index < -0.39 is 0 Å². The molecule has 1 saturated heterocycles. The molecular weight excluding hydrogens is 410 g/mol. The lowest BCUT2D eigenvalue weighted by Crippen LogP contribution is -2.27. The highest BCUT2D eigenvalue weighted by atomic mass is 16.5. The second-order valence-electron chi connectivity index (χ2n) is 8.48. The molecule has 1 heterocycles. The Bertz CT molecular complexity index is 692. The second-order valence-corrected chi connectivity index (χ2v) is 8.48. The van der Waals surface area contributed by atoms with Crippen LogP contribution in [0.1, 0.15) is 84.3 Å². The van der Waals surface area contributed by atoms with Gasteiger partial charge in [0, 0.05) is 49.9 Å². The first-order chi connectivity index (χ1) is 15.9. The molecule has 5 nitrogen and oxygen atoms in total. The molecule has 1 atom stereocenters. The van der Waals surface area contributed by atoms with Crippen LogP contribution >= 0.6 is 0 Å². The van der Waals surface area contributed by atoms with Crippen molar-refractivity contribution in [1.29, 1.82) is 5.41 Å². The van der Waals surface area contributed by atoms with Crippen LogP contribution in [0.3, 0.4) is 0 Å². The fraction of sp³-hybridized carbons (Fsp3) is 0.643. The molecule has 0 saturated carbocycles. The van der Waals surface area contributed by atoms with Crippen LogP contribution in [0.25, 0.3) is 5.57 Å². The third-order valence-electron chi connectivity index (χ3n) is 5.06. The van der Waals surface area contributed by atoms with E-state index in [1.54, 1.807) is 7.05 Å². The Morgan fingerprint density at radius 2 is 2.03 bits per heavy atom. The molecule has 0 aliphatic carbocycles. The number of ether oxygens (including phenoxy) is 2. The molecule has 2 rings (SSSR count). The van der Waals surface area contributed by atoms with Crippen LogP contribution in [0, 0.1) is 18.3 Å². The van der Waals surface area contributed by atoms with Crippen LogP contribution in [-0.2, 0) is 9.47 Å². The molecule has 2 N–H and O–H groups in total. The van der Waals surface area contributed by atoms with E-state index in [0.717, 1.165) is 55.4 Å². The van der Waals surface area contributed by atoms with Crippen molar-refractivity contribution in [2.45, 2.75) is 86.3 Å². The summed E-state index contributed by atoms with van der Waals surface area (Å²) in [5.41, 5.74) is 4.04. The molecule has 1 aliphatic heterocycles. The van der Waals surface area contributed by atoms with E-state index >= 15 is 0 Å². The predicted octanol–water partition coefficient (Wildman–Crippen LogP) is 7.54. The van der Waals surface area contributed by atoms with Gasteiger partial charge in [0.2, 0.25) is 0 Å². The number of allylic oxidation sites excluding steroid dienone is 1. The summed E-state index contributed by atoms with van der Waals surface area (Å²) in [6.45, 7) is 19.4. The van der Waals surface area contributed by atoms with Gasteiger partial charge in [-0.2, -0.15) is 0 Å². The fourth-order valence-corrected chi connectivity index (χ4v) is 3.08. The number of aryl methyl sites for hydroxylation is 1. The zero-order chi connectivity index (χ0) is 25.1. The Labute approximate surface area is 203 Å². The van der Waals surface area contributed by atoms with Crippen LogP contribution in [0.2, 0.25) is 0 Å². The molecular formula is C28H49N3O2. The van der Waals surface area contributed by atoms with Crippen molar-refractivity contribution in [3.8, 4) is 0 Å². The summed E-state index contributed by atoms with van der Waals surface area (Å²) in [5, 5.41) is 11.4. The summed E-state index contributed by atoms with van der Waals surface area (Å²) in [5.74, 6) is 0.779. The zero-order valence-electron chi connectivity index (χ0n) is 22.3. The number of nitrogens with one attached hydrogen (secondary N) is 2. The van der Waals surface area contributed by atoms with Crippen molar-refractivity contribution in [1.82, 2.24) is 0 Å². The SMILES string of the molecule is C=C(C(=N)C=NC)c1cc(C)ccc1NC1CCCCO1.CC.CCCCOCCC(C)C. The molecule has 1 aliphatic rings. The first kappa shape index (κ1) is 31.0. The lowest BCUT2D eigenvalue weighted by molar-refractivity contribution is 0.0343. The van der Waals surface area contributed by atoms with E-state index in [2.05, 4.69) is 43.7 Å². The van der Waals surface area contributed by atoms with E-state index in [9.17, 15) is 0 Å². The van der Waals surface area contributed by atoms with E-state index in [0.29, 0.717) is 11.3 Å². The molecule has 0 spiro atoms. The Morgan fingerprint density at radius 1 is 1.30 bits per heavy atom. The highest BCUT2D eigenvalue weighted by Crippen LogP contribution is 2.27. The van der Waals surface area contributed by atoms with Gasteiger partial charge in [0.05, 0.1) is 5.71 Å². The van der Waals surface area contributed by atoms with Gasteiger partial charge < -0.3 is 14.8 Å². The lowest BCUT2D eigenvalue weighted by atomic mass is 9.99. The second kappa shape index (κ2) is 19.5. The molecule has 0 amide bonds. The number of benzene rings is 1. The Hall–Kier alpha value is -1.98. The first-order valence-electron chi connectivity index (χ1n) is 12.7. The van der Waals surface area contributed by atoms with Gasteiger partial charge in [0.25, 0.3) is 0 Å². The monoisotopic (exact) mass is 459 g/mol. The van der Waals surface area contributed by atoms with E-state index in [1.165, 1.54) is 31.9 Å². The number of hydrogen-bond acceptors (Lipinski definition) is 5. The van der Waals surface area contributed by atoms with Gasteiger partial charge in [-0.05, 0) is 57.1 Å². The van der Waals surface area contributed by atoms with Crippen LogP contribution in [0.15, 0.2) is 29.8 Å². The molecule has 33 heavy (non-hydrogen) atoms. The number of aliphatic imine (C=N–C) groups is 1. The van der Waals surface area contributed by atoms with E-state index in [4.69, 9.17) is 14.9 Å². The van der Waals surface area contributed by atoms with Crippen LogP contribution < -0.4 is 5.32 Å². The highest BCUT2D eigenvalue weighted by Gasteiger charge is 2.16. The van der Waals surface area contributed by atoms with Crippen molar-refractivity contribution >= 4 is 23.2 Å². The molecule has 0 radical (unpaired) electrons. The average molecular weight is 460 g/mol. The third kappa shape index (κ3) is 14.0. The predicted molar refractivity (Wildman–Crippen MR) is 146 cm³/mol. The number of anilines is 1. The number of hydrogen-bond donors (Lipinski definition) is 2. The van der Waals surface area contributed by atoms with Gasteiger partial charge in [-0.25, -0.2) is 0 Å². The number of nitrogens with zero attached hydrogens (tertiary/aromatic N) is 1. The third-order valence-corrected chi connectivity index (χ3v) is 5.06. The van der Waals surface area contributed by atoms with Crippen LogP contribution in [-0.4, -0.2) is 45.0 Å². The topological polar surface area (TPSA) is 66.7 Å². The summed E-state index contributed by atoms with van der Waals surface area (Å²) in [7, 11) is 1.66. The molecule has 0 bridgehead atoms. The normalized spacial score (nSPS) is 15.3. The van der Waals surface area contributed by atoms with E-state index in [-0.39, 0.29) is 6.23 Å². The zero-order valence-corrected chi connectivity index (χ0v) is 22.3. The van der Waals surface area contributed by atoms with Crippen molar-refractivity contribution in [2.24, 2.45) is 10.9 Å². The lowest BCUT2D eigenvalue weighted by Gasteiger charge is -2.26. The van der Waals surface area contributed by atoms with Crippen molar-refractivity contribution in [2.75, 3.05) is 32.2 Å². The van der Waals surface area contributed by atoms with Gasteiger partial charge in [0.15, 0.2) is 0 Å². The van der Waals surface area contributed by atoms with E-state index in [1.807, 2.05) is 32.9 Å². The van der Waals surface area contributed by atoms with Crippen molar-refractivity contribution in [3.63, 3.8) is 0 Å². The summed E-state index contributed by atoms with van der Waals surface area (Å²) in [6, 6.07) is 6.13. The van der Waals surface area contributed by atoms with Gasteiger partial charge in [0.1, 0.15) is 6.23 Å². The Morgan fingerprint density at radius 3 is 2.61 bits per heavy atom. The minimum atomic E-state index is 0.0435. The van der Waals surface area contributed by atoms with Crippen molar-refractivity contribution < 1.29 is 9.47 Å². The maximum Gasteiger partial charge on any atom is 0.127 e. The standard InChI is InChI=1S/C17H23N3O.C9H20O.C2H6/c1-12-7-8-16(20-17-6-4-5-9-21-17)14(10-12)13(2)15(18)11-19-3;1-4-5-7-10-8-6-9(2)3;1-2/h7-8,10-11,17-18,20H,2,4-6,9H2,1,3H3;9H,4-8H2,1-3H3;1-2H3. The maximum absolute atomic E-state index is 8.01. The molecule has 1 fully saturated rings. The smallest absolute Gasteiger partial charge is 0.127 e. The molecule has 5 heteroatoms. The van der Waals surface area contributed by atoms with Gasteiger partial charge in [-0.3, -0.25) is 10.4 Å². The number of unbranched alkanes of at least 4 members (excludes halogenated alkanes) is 1. The summed E-state index contributed by atoms with van der Waals surface area (Å²) >= 11 is 0. The average Bonchev–Trinajstić information content (AvgIpc) is 2.82. The van der Waals surface area contributed by atoms with Gasteiger partial charge in [-0.1, -0.05) is 59.2 Å². The maximum atomic E-state index is 8.01. The summed E-state index contributed by atoms with van der Waals surface area (Å²) in [4.78, 5) is 3.89. The summed E-state index contributed by atoms with van der Waals surface area (Å²) in [6.07, 6.45) is 8.52. The van der Waals surface area contributed by atoms with Gasteiger partial charge >= 0.3 is 0 Å². The quantitative estimate of drug-likeness (QED) is 0.265. The van der Waals surface area contributed by atoms with Gasteiger partial charge in [-0.15, -0.1) is 0 Å². The summed E-state index contributed by atoms with van der Waals surface area (Å²) < 4.78 is 11.1. The molecule has 1 aromatic carbocycles. The van der Waals surface area contributed by atoms with Crippen molar-refractivity contribution in [3.05, 3.63) is 35.9 Å². The largest absolute Gasteiger partial charge is 0.381 e. The molecule has 1 aromatic rings. The Balaban J connectivity index is 0.000000722. The fourth-order valence-electron chi connectivity index (χ4n) is 3.08. The number of rotatable bonds is 11. The minimum Gasteiger partial charge on any atom is -0.381 e. The molecule has 1 unspecified atom stereocenters. The molecule has 188 valence electrons. The molecule has 0 aromatic heterocycles. The highest BCUT2D eigenvalue weighted by molar-refractivity contribution is 6.49. The minimum absolute atomic E-state index is 0.0435. The Kier molecular flexibility index (Phi) is 18.3. The van der Waals surface area contributed by atoms with Crippen LogP contribution in [0.4, 0.5) is 5.69 Å². The first-order valence-corrected chi connectivity index (χ1v) is 12.7. The van der Waals surface area contributed by atoms with Crippen LogP contribution in [0.5, 0.6) is 0 Å².